The molecule has 222 valence electrons. The first-order valence-electron chi connectivity index (χ1n) is 13.6. The molecule has 42 heavy (non-hydrogen) atoms. The Morgan fingerprint density at radius 3 is 2.38 bits per heavy atom. The number of hydrogen-bond acceptors (Lipinski definition) is 11. The Kier molecular flexibility index (Phi) is 9.50. The molecule has 1 aromatic heterocycles. The third-order valence-corrected chi connectivity index (χ3v) is 7.87. The van der Waals surface area contributed by atoms with E-state index in [9.17, 15) is 0 Å². The zero-order valence-corrected chi connectivity index (χ0v) is 25.2. The zero-order valence-electron chi connectivity index (χ0n) is 24.4. The highest BCUT2D eigenvalue weighted by molar-refractivity contribution is 7.22. The monoisotopic (exact) mass is 593 g/mol. The molecule has 0 aliphatic carbocycles. The van der Waals surface area contributed by atoms with Crippen LogP contribution in [-0.4, -0.2) is 59.1 Å². The second-order valence-electron chi connectivity index (χ2n) is 9.41. The van der Waals surface area contributed by atoms with E-state index in [2.05, 4.69) is 40.6 Å². The van der Waals surface area contributed by atoms with Crippen molar-refractivity contribution >= 4 is 32.4 Å². The summed E-state index contributed by atoms with van der Waals surface area (Å²) in [5, 5.41) is 8.41. The largest absolute Gasteiger partial charge is 0.493 e. The summed E-state index contributed by atoms with van der Waals surface area (Å²) in [7, 11) is 6.36. The number of anilines is 1. The van der Waals surface area contributed by atoms with Crippen LogP contribution in [0.3, 0.4) is 0 Å². The molecular weight excluding hydrogens is 558 g/mol. The van der Waals surface area contributed by atoms with E-state index in [1.54, 1.807) is 39.8 Å². The highest BCUT2D eigenvalue weighted by Crippen LogP contribution is 2.41. The van der Waals surface area contributed by atoms with Gasteiger partial charge >= 0.3 is 0 Å². The normalized spacial score (nSPS) is 14.3. The molecule has 1 aliphatic rings. The molecule has 11 heteroatoms. The summed E-state index contributed by atoms with van der Waals surface area (Å²) in [6.45, 7) is 3.22. The van der Waals surface area contributed by atoms with Crippen LogP contribution in [0.2, 0.25) is 0 Å². The van der Waals surface area contributed by atoms with E-state index in [1.165, 1.54) is 10.3 Å². The standard InChI is InChI=1S/C31H35N3O7S/c1-6-19-7-9-22-29(13-19)42-31(33-22)32-18-39-11-12-40-26-14-20(8-10-24(26)35-2)25-17-23(34-41-25)21-15-27(36-3)30(38-5)28(16-21)37-4/h7-10,13-16,25H,6,11-12,17-18H2,1-5H3,(H,32,33). The highest BCUT2D eigenvalue weighted by atomic mass is 32.1. The van der Waals surface area contributed by atoms with Crippen molar-refractivity contribution in [3.63, 3.8) is 0 Å². The number of benzene rings is 3. The van der Waals surface area contributed by atoms with Crippen molar-refractivity contribution in [1.82, 2.24) is 4.98 Å². The molecule has 10 nitrogen and oxygen atoms in total. The number of methoxy groups -OCH3 is 4. The third-order valence-electron chi connectivity index (χ3n) is 6.90. The summed E-state index contributed by atoms with van der Waals surface area (Å²) < 4.78 is 34.8. The second-order valence-corrected chi connectivity index (χ2v) is 10.4. The number of hydrogen-bond donors (Lipinski definition) is 1. The average molecular weight is 594 g/mol. The van der Waals surface area contributed by atoms with Crippen molar-refractivity contribution in [3.05, 3.63) is 65.2 Å². The van der Waals surface area contributed by atoms with E-state index in [4.69, 9.17) is 33.3 Å². The van der Waals surface area contributed by atoms with E-state index in [0.717, 1.165) is 33.9 Å². The fourth-order valence-electron chi connectivity index (χ4n) is 4.64. The summed E-state index contributed by atoms with van der Waals surface area (Å²) in [5.74, 6) is 2.87. The number of oxime groups is 1. The lowest BCUT2D eigenvalue weighted by Gasteiger charge is -2.15. The summed E-state index contributed by atoms with van der Waals surface area (Å²) in [6.07, 6.45) is 1.28. The van der Waals surface area contributed by atoms with Gasteiger partial charge in [0.2, 0.25) is 5.75 Å². The molecule has 1 N–H and O–H groups in total. The van der Waals surface area contributed by atoms with Crippen LogP contribution in [0.5, 0.6) is 28.7 Å². The Morgan fingerprint density at radius 1 is 0.881 bits per heavy atom. The summed E-state index contributed by atoms with van der Waals surface area (Å²) in [4.78, 5) is 10.4. The molecule has 0 radical (unpaired) electrons. The molecule has 5 rings (SSSR count). The van der Waals surface area contributed by atoms with E-state index < -0.39 is 0 Å². The Hall–Kier alpha value is -4.22. The van der Waals surface area contributed by atoms with E-state index in [-0.39, 0.29) is 6.10 Å². The molecule has 1 aliphatic heterocycles. The molecule has 0 saturated heterocycles. The van der Waals surface area contributed by atoms with Gasteiger partial charge in [0, 0.05) is 12.0 Å². The molecule has 0 spiro atoms. The zero-order chi connectivity index (χ0) is 29.5. The maximum Gasteiger partial charge on any atom is 0.203 e. The maximum absolute atomic E-state index is 6.02. The Balaban J connectivity index is 1.15. The van der Waals surface area contributed by atoms with Gasteiger partial charge in [0.15, 0.2) is 34.2 Å². The van der Waals surface area contributed by atoms with Crippen molar-refractivity contribution in [3.8, 4) is 28.7 Å². The van der Waals surface area contributed by atoms with Crippen LogP contribution in [0.4, 0.5) is 5.13 Å². The number of ether oxygens (including phenoxy) is 6. The third kappa shape index (κ3) is 6.47. The van der Waals surface area contributed by atoms with Crippen LogP contribution < -0.4 is 29.0 Å². The van der Waals surface area contributed by atoms with Crippen LogP contribution in [0, 0.1) is 0 Å². The van der Waals surface area contributed by atoms with Gasteiger partial charge in [0.05, 0.1) is 51.0 Å². The van der Waals surface area contributed by atoms with Crippen LogP contribution >= 0.6 is 11.3 Å². The second kappa shape index (κ2) is 13.6. The number of fused-ring (bicyclic) bond motifs is 1. The highest BCUT2D eigenvalue weighted by Gasteiger charge is 2.27. The summed E-state index contributed by atoms with van der Waals surface area (Å²) >= 11 is 1.62. The van der Waals surface area contributed by atoms with Gasteiger partial charge in [-0.3, -0.25) is 0 Å². The molecule has 3 aromatic carbocycles. The van der Waals surface area contributed by atoms with Gasteiger partial charge in [0.1, 0.15) is 13.3 Å². The van der Waals surface area contributed by atoms with Crippen LogP contribution in [0.15, 0.2) is 53.7 Å². The van der Waals surface area contributed by atoms with E-state index in [0.29, 0.717) is 55.1 Å². The van der Waals surface area contributed by atoms with Crippen molar-refractivity contribution in [2.24, 2.45) is 5.16 Å². The summed E-state index contributed by atoms with van der Waals surface area (Å²) in [6, 6.07) is 15.8. The van der Waals surface area contributed by atoms with Gasteiger partial charge in [-0.25, -0.2) is 4.98 Å². The van der Waals surface area contributed by atoms with Crippen molar-refractivity contribution < 1.29 is 33.3 Å². The lowest BCUT2D eigenvalue weighted by Crippen LogP contribution is -2.12. The molecule has 0 bridgehead atoms. The number of aryl methyl sites for hydroxylation is 1. The molecule has 4 aromatic rings. The van der Waals surface area contributed by atoms with Crippen LogP contribution in [0.1, 0.15) is 36.1 Å². The maximum atomic E-state index is 6.02. The lowest BCUT2D eigenvalue weighted by atomic mass is 9.99. The minimum atomic E-state index is -0.282. The van der Waals surface area contributed by atoms with Gasteiger partial charge in [0.25, 0.3) is 0 Å². The molecular formula is C31H35N3O7S. The minimum Gasteiger partial charge on any atom is -0.493 e. The summed E-state index contributed by atoms with van der Waals surface area (Å²) in [5.41, 5.74) is 4.82. The van der Waals surface area contributed by atoms with Gasteiger partial charge in [-0.15, -0.1) is 0 Å². The van der Waals surface area contributed by atoms with Gasteiger partial charge in [-0.2, -0.15) is 0 Å². The van der Waals surface area contributed by atoms with E-state index >= 15 is 0 Å². The Bertz CT molecular complexity index is 1530. The first-order chi connectivity index (χ1) is 20.6. The van der Waals surface area contributed by atoms with Crippen LogP contribution in [-0.2, 0) is 16.0 Å². The SMILES string of the molecule is CCc1ccc2nc(NCOCCOc3cc(C4CC(c5cc(OC)c(OC)c(OC)c5)=NO4)ccc3OC)sc2c1. The molecule has 2 heterocycles. The molecule has 1 atom stereocenters. The van der Waals surface area contributed by atoms with Gasteiger partial charge in [-0.05, 0) is 53.9 Å². The van der Waals surface area contributed by atoms with Crippen LogP contribution in [0.25, 0.3) is 10.2 Å². The lowest BCUT2D eigenvalue weighted by molar-refractivity contribution is 0.0850. The Morgan fingerprint density at radius 2 is 1.67 bits per heavy atom. The van der Waals surface area contributed by atoms with Gasteiger partial charge in [-0.1, -0.05) is 35.5 Å². The average Bonchev–Trinajstić information content (AvgIpc) is 3.69. The number of thiazole rings is 1. The predicted octanol–water partition coefficient (Wildman–Crippen LogP) is 6.22. The first kappa shape index (κ1) is 29.3. The Labute approximate surface area is 249 Å². The number of nitrogens with zero attached hydrogens (tertiary/aromatic N) is 2. The number of nitrogens with one attached hydrogen (secondary N) is 1. The van der Waals surface area contributed by atoms with Crippen molar-refractivity contribution in [2.75, 3.05) is 53.7 Å². The predicted molar refractivity (Wildman–Crippen MR) is 163 cm³/mol. The van der Waals surface area contributed by atoms with Crippen molar-refractivity contribution in [2.45, 2.75) is 25.9 Å². The van der Waals surface area contributed by atoms with Crippen molar-refractivity contribution in [1.29, 1.82) is 0 Å². The minimum absolute atomic E-state index is 0.282. The van der Waals surface area contributed by atoms with Gasteiger partial charge < -0.3 is 38.6 Å². The number of aromatic nitrogens is 1. The number of rotatable bonds is 14. The smallest absolute Gasteiger partial charge is 0.203 e. The van der Waals surface area contributed by atoms with E-state index in [1.807, 2.05) is 30.3 Å². The molecule has 1 unspecified atom stereocenters. The molecule has 0 fully saturated rings. The topological polar surface area (TPSA) is 102 Å². The fraction of sp³-hybridized carbons (Fsp3) is 0.355. The molecule has 0 amide bonds. The quantitative estimate of drug-likeness (QED) is 0.135. The molecule has 0 saturated carbocycles. The fourth-order valence-corrected chi connectivity index (χ4v) is 5.55. The first-order valence-corrected chi connectivity index (χ1v) is 14.4.